The number of carbonyl (C=O) groups excluding carboxylic acids is 2. The number of nitro groups is 1. The Labute approximate surface area is 101 Å². The number of methoxy groups -OCH3 is 1. The van der Waals surface area contributed by atoms with Crippen LogP contribution in [0.2, 0.25) is 5.02 Å². The molecule has 0 amide bonds. The van der Waals surface area contributed by atoms with E-state index < -0.39 is 16.6 Å². The summed E-state index contributed by atoms with van der Waals surface area (Å²) < 4.78 is 4.43. The van der Waals surface area contributed by atoms with Gasteiger partial charge in [-0.05, 0) is 11.6 Å². The van der Waals surface area contributed by atoms with E-state index in [1.54, 1.807) is 0 Å². The molecule has 0 fully saturated rings. The van der Waals surface area contributed by atoms with Crippen LogP contribution in [0.5, 0.6) is 0 Å². The van der Waals surface area contributed by atoms with E-state index in [1.807, 2.05) is 0 Å². The normalized spacial score (nSPS) is 9.76. The minimum absolute atomic E-state index is 0.0833. The molecule has 7 heteroatoms. The quantitative estimate of drug-likeness (QED) is 0.355. The number of hydrogen-bond acceptors (Lipinski definition) is 5. The number of hydrogen-bond donors (Lipinski definition) is 0. The van der Waals surface area contributed by atoms with Gasteiger partial charge in [-0.2, -0.15) is 0 Å². The van der Waals surface area contributed by atoms with Crippen molar-refractivity contribution in [3.05, 3.63) is 38.4 Å². The first kappa shape index (κ1) is 13.1. The third-order valence-corrected chi connectivity index (χ3v) is 2.48. The summed E-state index contributed by atoms with van der Waals surface area (Å²) in [4.78, 5) is 31.7. The Morgan fingerprint density at radius 3 is 2.71 bits per heavy atom. The van der Waals surface area contributed by atoms with E-state index in [-0.39, 0.29) is 22.6 Å². The van der Waals surface area contributed by atoms with Crippen LogP contribution in [0, 0.1) is 10.1 Å². The van der Waals surface area contributed by atoms with Crippen molar-refractivity contribution in [2.24, 2.45) is 0 Å². The maximum Gasteiger partial charge on any atom is 0.310 e. The molecule has 0 unspecified atom stereocenters. The molecule has 0 bridgehead atoms. The number of carbonyl (C=O) groups is 2. The predicted octanol–water partition coefficient (Wildman–Crippen LogP) is 1.78. The summed E-state index contributed by atoms with van der Waals surface area (Å²) in [6, 6.07) is 2.37. The highest BCUT2D eigenvalue weighted by Gasteiger charge is 2.19. The molecule has 0 heterocycles. The van der Waals surface area contributed by atoms with Gasteiger partial charge >= 0.3 is 5.97 Å². The Kier molecular flexibility index (Phi) is 4.17. The topological polar surface area (TPSA) is 86.5 Å². The van der Waals surface area contributed by atoms with Crippen molar-refractivity contribution in [1.29, 1.82) is 0 Å². The molecule has 0 atom stereocenters. The molecule has 0 aliphatic carbocycles. The number of ether oxygens (including phenoxy) is 1. The Morgan fingerprint density at radius 2 is 2.24 bits per heavy atom. The van der Waals surface area contributed by atoms with Crippen LogP contribution in [-0.2, 0) is 16.0 Å². The van der Waals surface area contributed by atoms with Crippen LogP contribution < -0.4 is 0 Å². The second-order valence-corrected chi connectivity index (χ2v) is 3.52. The van der Waals surface area contributed by atoms with Crippen molar-refractivity contribution in [2.45, 2.75) is 6.42 Å². The van der Waals surface area contributed by atoms with E-state index in [2.05, 4.69) is 4.74 Å². The Hall–Kier alpha value is -1.95. The highest BCUT2D eigenvalue weighted by atomic mass is 35.5. The SMILES string of the molecule is COC(=O)Cc1cc(C=O)cc([N+](=O)[O-])c1Cl. The number of benzene rings is 1. The van der Waals surface area contributed by atoms with Crippen molar-refractivity contribution >= 4 is 29.5 Å². The molecule has 0 aliphatic rings. The summed E-state index contributed by atoms with van der Waals surface area (Å²) in [6.07, 6.45) is 0.224. The van der Waals surface area contributed by atoms with Crippen molar-refractivity contribution in [3.8, 4) is 0 Å². The molecular formula is C10H8ClNO5. The fraction of sp³-hybridized carbons (Fsp3) is 0.200. The van der Waals surface area contributed by atoms with Crippen LogP contribution in [0.4, 0.5) is 5.69 Å². The fourth-order valence-electron chi connectivity index (χ4n) is 1.25. The van der Waals surface area contributed by atoms with E-state index in [0.29, 0.717) is 6.29 Å². The Bertz CT molecular complexity index is 486. The lowest BCUT2D eigenvalue weighted by molar-refractivity contribution is -0.384. The molecule has 0 N–H and O–H groups in total. The first-order valence-electron chi connectivity index (χ1n) is 4.48. The molecule has 0 aliphatic heterocycles. The molecular weight excluding hydrogens is 250 g/mol. The van der Waals surface area contributed by atoms with Crippen LogP contribution in [0.1, 0.15) is 15.9 Å². The van der Waals surface area contributed by atoms with Crippen LogP contribution in [0.15, 0.2) is 12.1 Å². The van der Waals surface area contributed by atoms with Crippen molar-refractivity contribution in [1.82, 2.24) is 0 Å². The largest absolute Gasteiger partial charge is 0.469 e. The summed E-state index contributed by atoms with van der Waals surface area (Å²) in [5.41, 5.74) is -0.134. The second kappa shape index (κ2) is 5.40. The summed E-state index contributed by atoms with van der Waals surface area (Å²) >= 11 is 5.77. The van der Waals surface area contributed by atoms with Gasteiger partial charge < -0.3 is 4.74 Å². The predicted molar refractivity (Wildman–Crippen MR) is 59.2 cm³/mol. The number of nitrogens with zero attached hydrogens (tertiary/aromatic N) is 1. The Morgan fingerprint density at radius 1 is 1.59 bits per heavy atom. The van der Waals surface area contributed by atoms with Crippen molar-refractivity contribution in [2.75, 3.05) is 7.11 Å². The molecule has 1 aromatic carbocycles. The zero-order valence-electron chi connectivity index (χ0n) is 8.81. The van der Waals surface area contributed by atoms with Gasteiger partial charge in [-0.1, -0.05) is 11.6 Å². The van der Waals surface area contributed by atoms with Gasteiger partial charge in [-0.3, -0.25) is 19.7 Å². The molecule has 0 radical (unpaired) electrons. The third kappa shape index (κ3) is 3.01. The highest BCUT2D eigenvalue weighted by Crippen LogP contribution is 2.29. The molecule has 0 spiro atoms. The van der Waals surface area contributed by atoms with Crippen LogP contribution in [0.25, 0.3) is 0 Å². The number of halogens is 1. The average Bonchev–Trinajstić information content (AvgIpc) is 2.31. The number of rotatable bonds is 4. The summed E-state index contributed by atoms with van der Waals surface area (Å²) in [5.74, 6) is -0.593. The molecule has 1 aromatic rings. The van der Waals surface area contributed by atoms with Gasteiger partial charge in [0.1, 0.15) is 11.3 Å². The lowest BCUT2D eigenvalue weighted by Crippen LogP contribution is -2.06. The molecule has 0 aromatic heterocycles. The lowest BCUT2D eigenvalue weighted by atomic mass is 10.1. The molecule has 90 valence electrons. The highest BCUT2D eigenvalue weighted by molar-refractivity contribution is 6.33. The van der Waals surface area contributed by atoms with Crippen molar-refractivity contribution in [3.63, 3.8) is 0 Å². The van der Waals surface area contributed by atoms with E-state index in [9.17, 15) is 19.7 Å². The maximum absolute atomic E-state index is 11.1. The molecule has 0 saturated carbocycles. The fourth-order valence-corrected chi connectivity index (χ4v) is 1.49. The number of aldehydes is 1. The molecule has 17 heavy (non-hydrogen) atoms. The number of esters is 1. The summed E-state index contributed by atoms with van der Waals surface area (Å²) in [5, 5.41) is 10.5. The van der Waals surface area contributed by atoms with E-state index in [1.165, 1.54) is 13.2 Å². The van der Waals surface area contributed by atoms with Crippen LogP contribution in [0.3, 0.4) is 0 Å². The zero-order valence-corrected chi connectivity index (χ0v) is 9.56. The van der Waals surface area contributed by atoms with Crippen LogP contribution in [-0.4, -0.2) is 24.3 Å². The smallest absolute Gasteiger partial charge is 0.310 e. The number of nitro benzene ring substituents is 1. The average molecular weight is 258 g/mol. The molecule has 0 saturated heterocycles. The van der Waals surface area contributed by atoms with Gasteiger partial charge in [0.05, 0.1) is 18.5 Å². The second-order valence-electron chi connectivity index (χ2n) is 3.14. The Balaban J connectivity index is 3.28. The van der Waals surface area contributed by atoms with E-state index >= 15 is 0 Å². The van der Waals surface area contributed by atoms with Crippen molar-refractivity contribution < 1.29 is 19.2 Å². The van der Waals surface area contributed by atoms with Gasteiger partial charge in [0.25, 0.3) is 5.69 Å². The van der Waals surface area contributed by atoms with Gasteiger partial charge in [0.15, 0.2) is 0 Å². The lowest BCUT2D eigenvalue weighted by Gasteiger charge is -2.04. The standard InChI is InChI=1S/C10H8ClNO5/c1-17-9(14)4-7-2-6(5-13)3-8(10(7)11)12(15)16/h2-3,5H,4H2,1H3. The minimum Gasteiger partial charge on any atom is -0.469 e. The minimum atomic E-state index is -0.712. The van der Waals surface area contributed by atoms with Gasteiger partial charge in [0.2, 0.25) is 0 Å². The third-order valence-electron chi connectivity index (χ3n) is 2.05. The molecule has 1 rings (SSSR count). The summed E-state index contributed by atoms with van der Waals surface area (Å²) in [6.45, 7) is 0. The van der Waals surface area contributed by atoms with Gasteiger partial charge in [0, 0.05) is 11.6 Å². The zero-order chi connectivity index (χ0) is 13.0. The monoisotopic (exact) mass is 257 g/mol. The van der Waals surface area contributed by atoms with E-state index in [4.69, 9.17) is 11.6 Å². The van der Waals surface area contributed by atoms with Crippen LogP contribution >= 0.6 is 11.6 Å². The summed E-state index contributed by atoms with van der Waals surface area (Å²) in [7, 11) is 1.19. The van der Waals surface area contributed by atoms with E-state index in [0.717, 1.165) is 6.07 Å². The van der Waals surface area contributed by atoms with Gasteiger partial charge in [-0.15, -0.1) is 0 Å². The molecule has 6 nitrogen and oxygen atoms in total. The first-order chi connectivity index (χ1) is 7.99. The van der Waals surface area contributed by atoms with Gasteiger partial charge in [-0.25, -0.2) is 0 Å². The maximum atomic E-state index is 11.1. The first-order valence-corrected chi connectivity index (χ1v) is 4.86.